The lowest BCUT2D eigenvalue weighted by Gasteiger charge is -1.88. The number of hydrogen-bond donors (Lipinski definition) is 2. The fraction of sp³-hybridized carbons (Fsp3) is 0. The van der Waals surface area contributed by atoms with Crippen molar-refractivity contribution in [2.45, 2.75) is 0 Å². The Labute approximate surface area is 66.6 Å². The maximum absolute atomic E-state index is 10.7. The summed E-state index contributed by atoms with van der Waals surface area (Å²) in [7, 11) is 0. The van der Waals surface area contributed by atoms with E-state index in [0.717, 1.165) is 0 Å². The Kier molecular flexibility index (Phi) is 1.22. The van der Waals surface area contributed by atoms with Crippen LogP contribution < -0.4 is 5.69 Å². The summed E-state index contributed by atoms with van der Waals surface area (Å²) < 4.78 is 1.43. The van der Waals surface area contributed by atoms with Crippen LogP contribution in [0.3, 0.4) is 0 Å². The minimum absolute atomic E-state index is 0.395. The van der Waals surface area contributed by atoms with Crippen LogP contribution in [0.15, 0.2) is 17.3 Å². The topological polar surface area (TPSA) is 63.6 Å². The highest BCUT2D eigenvalue weighted by atomic mass is 32.1. The molecule has 56 valence electrons. The van der Waals surface area contributed by atoms with E-state index in [1.165, 1.54) is 16.5 Å². The van der Waals surface area contributed by atoms with E-state index >= 15 is 0 Å². The molecule has 2 aromatic rings. The minimum atomic E-state index is -0.395. The molecular formula is C5H4N4OS. The van der Waals surface area contributed by atoms with Crippen LogP contribution >= 0.6 is 12.8 Å². The first-order valence-electron chi connectivity index (χ1n) is 2.89. The second-order valence-corrected chi connectivity index (χ2v) is 2.44. The Morgan fingerprint density at radius 2 is 2.36 bits per heavy atom. The van der Waals surface area contributed by atoms with Crippen molar-refractivity contribution in [2.75, 3.05) is 0 Å². The Morgan fingerprint density at radius 3 is 3.18 bits per heavy atom. The molecule has 0 aliphatic rings. The molecule has 0 radical (unpaired) electrons. The molecule has 11 heavy (non-hydrogen) atoms. The van der Waals surface area contributed by atoms with E-state index in [9.17, 15) is 4.79 Å². The van der Waals surface area contributed by atoms with Gasteiger partial charge in [0.25, 0.3) is 0 Å². The second kappa shape index (κ2) is 2.09. The average Bonchev–Trinajstić information content (AvgIpc) is 2.33. The van der Waals surface area contributed by atoms with Crippen LogP contribution in [-0.2, 0) is 0 Å². The molecule has 0 unspecified atom stereocenters. The number of nitrogens with zero attached hydrogens (tertiary/aromatic N) is 3. The normalized spacial score (nSPS) is 10.6. The van der Waals surface area contributed by atoms with Gasteiger partial charge in [-0.15, -0.1) is 0 Å². The van der Waals surface area contributed by atoms with Gasteiger partial charge >= 0.3 is 5.69 Å². The lowest BCUT2D eigenvalue weighted by atomic mass is 10.6. The van der Waals surface area contributed by atoms with Crippen LogP contribution in [0, 0.1) is 0 Å². The number of hydrogen-bond acceptors (Lipinski definition) is 4. The Hall–Kier alpha value is -1.30. The molecule has 2 aromatic heterocycles. The molecule has 0 amide bonds. The molecule has 0 aliphatic carbocycles. The van der Waals surface area contributed by atoms with Gasteiger partial charge in [0.2, 0.25) is 0 Å². The van der Waals surface area contributed by atoms with Crippen molar-refractivity contribution in [2.24, 2.45) is 0 Å². The van der Waals surface area contributed by atoms with Crippen molar-refractivity contribution >= 4 is 24.0 Å². The van der Waals surface area contributed by atoms with Gasteiger partial charge in [0.15, 0.2) is 5.65 Å². The molecule has 0 saturated carbocycles. The van der Waals surface area contributed by atoms with Crippen LogP contribution in [-0.4, -0.2) is 18.9 Å². The summed E-state index contributed by atoms with van der Waals surface area (Å²) >= 11 is 4.01. The van der Waals surface area contributed by atoms with Gasteiger partial charge in [-0.2, -0.15) is 4.98 Å². The highest BCUT2D eigenvalue weighted by Crippen LogP contribution is 2.05. The van der Waals surface area contributed by atoms with Crippen molar-refractivity contribution in [3.63, 3.8) is 0 Å². The van der Waals surface area contributed by atoms with Gasteiger partial charge in [0.1, 0.15) is 11.8 Å². The summed E-state index contributed by atoms with van der Waals surface area (Å²) in [6.07, 6.45) is 2.90. The molecule has 1 N–H and O–H groups in total. The van der Waals surface area contributed by atoms with Crippen LogP contribution in [0.5, 0.6) is 0 Å². The Bertz CT molecular complexity index is 445. The largest absolute Gasteiger partial charge is 0.346 e. The third kappa shape index (κ3) is 0.911. The lowest BCUT2D eigenvalue weighted by molar-refractivity contribution is 1.10. The number of thiol groups is 1. The van der Waals surface area contributed by atoms with Gasteiger partial charge in [0, 0.05) is 0 Å². The van der Waals surface area contributed by atoms with Crippen LogP contribution in [0.2, 0.25) is 0 Å². The summed E-state index contributed by atoms with van der Waals surface area (Å²) in [5.74, 6) is 0. The molecule has 0 spiro atoms. The molecular weight excluding hydrogens is 164 g/mol. The SMILES string of the molecule is O=c1ncc2ncn(S)c2[nH]1. The van der Waals surface area contributed by atoms with E-state index in [4.69, 9.17) is 0 Å². The van der Waals surface area contributed by atoms with E-state index in [-0.39, 0.29) is 0 Å². The first-order valence-corrected chi connectivity index (χ1v) is 3.29. The van der Waals surface area contributed by atoms with Crippen LogP contribution in [0.1, 0.15) is 0 Å². The highest BCUT2D eigenvalue weighted by Gasteiger charge is 1.99. The maximum atomic E-state index is 10.7. The van der Waals surface area contributed by atoms with Gasteiger partial charge in [-0.3, -0.25) is 8.96 Å². The molecule has 5 nitrogen and oxygen atoms in total. The first-order chi connectivity index (χ1) is 5.27. The average molecular weight is 168 g/mol. The predicted octanol–water partition coefficient (Wildman–Crippen LogP) is -0.188. The first kappa shape index (κ1) is 6.41. The van der Waals surface area contributed by atoms with E-state index < -0.39 is 5.69 Å². The van der Waals surface area contributed by atoms with Crippen LogP contribution in [0.4, 0.5) is 0 Å². The molecule has 0 fully saturated rings. The van der Waals surface area contributed by atoms with Gasteiger partial charge in [-0.25, -0.2) is 9.78 Å². The van der Waals surface area contributed by atoms with Crippen molar-refractivity contribution in [3.05, 3.63) is 23.0 Å². The molecule has 2 rings (SSSR count). The fourth-order valence-electron chi connectivity index (χ4n) is 0.822. The van der Waals surface area contributed by atoms with Crippen LogP contribution in [0.25, 0.3) is 11.2 Å². The summed E-state index contributed by atoms with van der Waals surface area (Å²) in [4.78, 5) is 20.6. The van der Waals surface area contributed by atoms with Gasteiger partial charge in [0.05, 0.1) is 6.20 Å². The molecule has 0 saturated heterocycles. The number of H-pyrrole nitrogens is 1. The van der Waals surface area contributed by atoms with Crippen molar-refractivity contribution in [3.8, 4) is 0 Å². The Balaban J connectivity index is 2.98. The van der Waals surface area contributed by atoms with E-state index in [0.29, 0.717) is 11.2 Å². The maximum Gasteiger partial charge on any atom is 0.346 e. The van der Waals surface area contributed by atoms with Crippen molar-refractivity contribution in [1.82, 2.24) is 18.9 Å². The molecule has 0 atom stereocenters. The lowest BCUT2D eigenvalue weighted by Crippen LogP contribution is -2.08. The fourth-order valence-corrected chi connectivity index (χ4v) is 1.03. The molecule has 6 heteroatoms. The Morgan fingerprint density at radius 1 is 1.55 bits per heavy atom. The highest BCUT2D eigenvalue weighted by molar-refractivity contribution is 7.78. The number of nitrogens with one attached hydrogen (secondary N) is 1. The third-order valence-electron chi connectivity index (χ3n) is 1.31. The number of fused-ring (bicyclic) bond motifs is 1. The van der Waals surface area contributed by atoms with Crippen molar-refractivity contribution < 1.29 is 0 Å². The zero-order valence-electron chi connectivity index (χ0n) is 5.35. The summed E-state index contributed by atoms with van der Waals surface area (Å²) in [6.45, 7) is 0. The molecule has 0 aromatic carbocycles. The monoisotopic (exact) mass is 168 g/mol. The summed E-state index contributed by atoms with van der Waals surface area (Å²) in [6, 6.07) is 0. The standard InChI is InChI=1S/C5H4N4OS/c10-5-6-1-3-4(8-5)9(11)2-7-3/h1-2,11H,(H,6,8,10). The smallest absolute Gasteiger partial charge is 0.289 e. The van der Waals surface area contributed by atoms with Gasteiger partial charge < -0.3 is 0 Å². The quantitative estimate of drug-likeness (QED) is 0.536. The minimum Gasteiger partial charge on any atom is -0.289 e. The predicted molar refractivity (Wildman–Crippen MR) is 42.5 cm³/mol. The number of aromatic amines is 1. The third-order valence-corrected chi connectivity index (χ3v) is 1.61. The zero-order chi connectivity index (χ0) is 7.84. The van der Waals surface area contributed by atoms with Gasteiger partial charge in [-0.1, -0.05) is 12.8 Å². The molecule has 2 heterocycles. The second-order valence-electron chi connectivity index (χ2n) is 2.01. The molecule has 0 aliphatic heterocycles. The molecule has 0 bridgehead atoms. The number of rotatable bonds is 0. The number of imidazole rings is 1. The van der Waals surface area contributed by atoms with E-state index in [1.807, 2.05) is 0 Å². The summed E-state index contributed by atoms with van der Waals surface area (Å²) in [5.41, 5.74) is 0.793. The van der Waals surface area contributed by atoms with Gasteiger partial charge in [-0.05, 0) is 0 Å². The number of aromatic nitrogens is 4. The van der Waals surface area contributed by atoms with E-state index in [1.54, 1.807) is 0 Å². The van der Waals surface area contributed by atoms with Crippen molar-refractivity contribution in [1.29, 1.82) is 0 Å². The zero-order valence-corrected chi connectivity index (χ0v) is 6.25. The van der Waals surface area contributed by atoms with E-state index in [2.05, 4.69) is 27.8 Å². The summed E-state index contributed by atoms with van der Waals surface area (Å²) in [5, 5.41) is 0.